The summed E-state index contributed by atoms with van der Waals surface area (Å²) in [6, 6.07) is 0. The molecule has 1 atom stereocenters. The third-order valence-electron chi connectivity index (χ3n) is 2.97. The zero-order valence-corrected chi connectivity index (χ0v) is 10.7. The van der Waals surface area contributed by atoms with Crippen molar-refractivity contribution in [2.24, 2.45) is 0 Å². The highest BCUT2D eigenvalue weighted by atomic mass is 32.2. The normalized spacial score (nSPS) is 22.9. The maximum atomic E-state index is 11.8. The fraction of sp³-hybridized carbons (Fsp3) is 0.545. The van der Waals surface area contributed by atoms with Gasteiger partial charge in [0, 0.05) is 31.1 Å². The third kappa shape index (κ3) is 2.84. The van der Waals surface area contributed by atoms with E-state index < -0.39 is 11.5 Å². The van der Waals surface area contributed by atoms with E-state index in [1.165, 1.54) is 0 Å². The molecule has 1 aromatic heterocycles. The van der Waals surface area contributed by atoms with Crippen LogP contribution in [0.25, 0.3) is 0 Å². The van der Waals surface area contributed by atoms with Crippen LogP contribution in [0.3, 0.4) is 0 Å². The number of rotatable bonds is 5. The number of hydrogen-bond donors (Lipinski definition) is 2. The smallest absolute Gasteiger partial charge is 0.330 e. The zero-order valence-electron chi connectivity index (χ0n) is 9.83. The van der Waals surface area contributed by atoms with Crippen molar-refractivity contribution in [2.45, 2.75) is 24.9 Å². The van der Waals surface area contributed by atoms with Crippen LogP contribution in [0.15, 0.2) is 18.7 Å². The molecule has 1 unspecified atom stereocenters. The van der Waals surface area contributed by atoms with Gasteiger partial charge in [0.05, 0.1) is 6.33 Å². The van der Waals surface area contributed by atoms with Crippen LogP contribution in [0, 0.1) is 0 Å². The molecule has 98 valence electrons. The minimum atomic E-state index is -1.07. The fourth-order valence-corrected chi connectivity index (χ4v) is 3.19. The summed E-state index contributed by atoms with van der Waals surface area (Å²) in [7, 11) is 0. The molecule has 1 aliphatic rings. The molecule has 2 rings (SSSR count). The van der Waals surface area contributed by atoms with Crippen molar-refractivity contribution in [1.29, 1.82) is 0 Å². The molecule has 0 aliphatic carbocycles. The SMILES string of the molecule is O=C(CCn1ccnc1)NC1(C(=O)O)CCSC1. The first-order valence-corrected chi connectivity index (χ1v) is 6.86. The second-order valence-electron chi connectivity index (χ2n) is 4.29. The second-order valence-corrected chi connectivity index (χ2v) is 5.39. The lowest BCUT2D eigenvalue weighted by Gasteiger charge is -2.24. The molecule has 2 heterocycles. The Labute approximate surface area is 109 Å². The highest BCUT2D eigenvalue weighted by Crippen LogP contribution is 2.28. The Morgan fingerprint density at radius 3 is 2.94 bits per heavy atom. The average Bonchev–Trinajstić information content (AvgIpc) is 2.97. The molecule has 1 aromatic rings. The largest absolute Gasteiger partial charge is 0.479 e. The van der Waals surface area contributed by atoms with Crippen LogP contribution in [0.2, 0.25) is 0 Å². The minimum absolute atomic E-state index is 0.228. The summed E-state index contributed by atoms with van der Waals surface area (Å²) in [6.07, 6.45) is 5.79. The Balaban J connectivity index is 1.88. The maximum Gasteiger partial charge on any atom is 0.330 e. The molecular weight excluding hydrogens is 254 g/mol. The van der Waals surface area contributed by atoms with E-state index in [4.69, 9.17) is 0 Å². The number of aryl methyl sites for hydroxylation is 1. The Bertz CT molecular complexity index is 427. The molecule has 0 radical (unpaired) electrons. The molecule has 0 bridgehead atoms. The lowest BCUT2D eigenvalue weighted by atomic mass is 9.99. The number of aromatic nitrogens is 2. The highest BCUT2D eigenvalue weighted by Gasteiger charge is 2.43. The highest BCUT2D eigenvalue weighted by molar-refractivity contribution is 7.99. The summed E-state index contributed by atoms with van der Waals surface area (Å²) in [5.41, 5.74) is -1.07. The molecule has 6 nitrogen and oxygen atoms in total. The van der Waals surface area contributed by atoms with E-state index in [9.17, 15) is 14.7 Å². The summed E-state index contributed by atoms with van der Waals surface area (Å²) in [5.74, 6) is 0.0462. The van der Waals surface area contributed by atoms with Crippen LogP contribution in [0.5, 0.6) is 0 Å². The predicted octanol–water partition coefficient (Wildman–Crippen LogP) is 0.350. The third-order valence-corrected chi connectivity index (χ3v) is 4.16. The van der Waals surface area contributed by atoms with Crippen LogP contribution in [0.1, 0.15) is 12.8 Å². The maximum absolute atomic E-state index is 11.8. The van der Waals surface area contributed by atoms with E-state index in [1.54, 1.807) is 35.0 Å². The van der Waals surface area contributed by atoms with Gasteiger partial charge in [-0.2, -0.15) is 11.8 Å². The average molecular weight is 269 g/mol. The van der Waals surface area contributed by atoms with Crippen LogP contribution in [-0.4, -0.2) is 43.6 Å². The Hall–Kier alpha value is -1.50. The topological polar surface area (TPSA) is 84.2 Å². The van der Waals surface area contributed by atoms with Crippen LogP contribution < -0.4 is 5.32 Å². The summed E-state index contributed by atoms with van der Waals surface area (Å²) in [5, 5.41) is 11.9. The number of carbonyl (C=O) groups is 2. The van der Waals surface area contributed by atoms with E-state index >= 15 is 0 Å². The number of thioether (sulfide) groups is 1. The molecule has 18 heavy (non-hydrogen) atoms. The number of carboxylic acid groups (broad SMARTS) is 1. The van der Waals surface area contributed by atoms with Gasteiger partial charge >= 0.3 is 5.97 Å². The summed E-state index contributed by atoms with van der Waals surface area (Å²) >= 11 is 1.56. The molecule has 1 saturated heterocycles. The van der Waals surface area contributed by atoms with Crippen molar-refractivity contribution in [2.75, 3.05) is 11.5 Å². The van der Waals surface area contributed by atoms with E-state index in [0.29, 0.717) is 18.7 Å². The monoisotopic (exact) mass is 269 g/mol. The second kappa shape index (κ2) is 5.43. The predicted molar refractivity (Wildman–Crippen MR) is 67.3 cm³/mol. The van der Waals surface area contributed by atoms with E-state index in [-0.39, 0.29) is 12.3 Å². The van der Waals surface area contributed by atoms with Crippen molar-refractivity contribution >= 4 is 23.6 Å². The van der Waals surface area contributed by atoms with Crippen LogP contribution in [0.4, 0.5) is 0 Å². The number of carbonyl (C=O) groups excluding carboxylic acids is 1. The number of amides is 1. The number of carboxylic acids is 1. The van der Waals surface area contributed by atoms with E-state index in [1.807, 2.05) is 0 Å². The molecule has 1 fully saturated rings. The van der Waals surface area contributed by atoms with Crippen molar-refractivity contribution < 1.29 is 14.7 Å². The van der Waals surface area contributed by atoms with Crippen molar-refractivity contribution in [1.82, 2.24) is 14.9 Å². The Morgan fingerprint density at radius 2 is 2.39 bits per heavy atom. The van der Waals surface area contributed by atoms with Crippen LogP contribution in [-0.2, 0) is 16.1 Å². The van der Waals surface area contributed by atoms with Gasteiger partial charge in [0.25, 0.3) is 0 Å². The molecular formula is C11H15N3O3S. The fourth-order valence-electron chi connectivity index (χ4n) is 1.86. The van der Waals surface area contributed by atoms with Gasteiger partial charge in [0.2, 0.25) is 5.91 Å². The standard InChI is InChI=1S/C11H15N3O3S/c15-9(1-4-14-5-3-12-8-14)13-11(10(16)17)2-6-18-7-11/h3,5,8H,1-2,4,6-7H2,(H,13,15)(H,16,17). The number of hydrogen-bond acceptors (Lipinski definition) is 4. The Morgan fingerprint density at radius 1 is 1.56 bits per heavy atom. The van der Waals surface area contributed by atoms with Crippen molar-refractivity contribution in [3.8, 4) is 0 Å². The molecule has 7 heteroatoms. The zero-order chi connectivity index (χ0) is 13.0. The number of nitrogens with one attached hydrogen (secondary N) is 1. The van der Waals surface area contributed by atoms with Gasteiger partial charge in [0.15, 0.2) is 0 Å². The summed E-state index contributed by atoms with van der Waals surface area (Å²) in [4.78, 5) is 26.9. The lowest BCUT2D eigenvalue weighted by Crippen LogP contribution is -2.54. The van der Waals surface area contributed by atoms with Gasteiger partial charge in [-0.25, -0.2) is 9.78 Å². The first-order valence-electron chi connectivity index (χ1n) is 5.70. The minimum Gasteiger partial charge on any atom is -0.479 e. The first-order chi connectivity index (χ1) is 8.62. The molecule has 0 aromatic carbocycles. The van der Waals surface area contributed by atoms with Gasteiger partial charge in [-0.1, -0.05) is 0 Å². The summed E-state index contributed by atoms with van der Waals surface area (Å²) < 4.78 is 1.79. The molecule has 0 saturated carbocycles. The van der Waals surface area contributed by atoms with Gasteiger partial charge < -0.3 is 15.0 Å². The van der Waals surface area contributed by atoms with Crippen LogP contribution >= 0.6 is 11.8 Å². The Kier molecular flexibility index (Phi) is 3.90. The first kappa shape index (κ1) is 12.9. The number of aliphatic carboxylic acids is 1. The van der Waals surface area contributed by atoms with E-state index in [2.05, 4.69) is 10.3 Å². The van der Waals surface area contributed by atoms with Gasteiger partial charge in [-0.15, -0.1) is 0 Å². The molecule has 1 amide bonds. The molecule has 1 aliphatic heterocycles. The van der Waals surface area contributed by atoms with Gasteiger partial charge in [-0.05, 0) is 12.2 Å². The van der Waals surface area contributed by atoms with Gasteiger partial charge in [-0.3, -0.25) is 4.79 Å². The number of nitrogens with zero attached hydrogens (tertiary/aromatic N) is 2. The number of imidazole rings is 1. The molecule has 0 spiro atoms. The molecule has 2 N–H and O–H groups in total. The lowest BCUT2D eigenvalue weighted by molar-refractivity contribution is -0.146. The van der Waals surface area contributed by atoms with E-state index in [0.717, 1.165) is 5.75 Å². The quantitative estimate of drug-likeness (QED) is 0.805. The van der Waals surface area contributed by atoms with Crippen molar-refractivity contribution in [3.63, 3.8) is 0 Å². The van der Waals surface area contributed by atoms with Gasteiger partial charge in [0.1, 0.15) is 5.54 Å². The van der Waals surface area contributed by atoms with Crippen molar-refractivity contribution in [3.05, 3.63) is 18.7 Å². The summed E-state index contributed by atoms with van der Waals surface area (Å²) in [6.45, 7) is 0.509.